The second-order valence-corrected chi connectivity index (χ2v) is 9.25. The first kappa shape index (κ1) is 22.1. The Kier molecular flexibility index (Phi) is 6.11. The Hall–Kier alpha value is -3.76. The Labute approximate surface area is 226 Å². The largest absolute Gasteiger partial charge is 0.508 e. The van der Waals surface area contributed by atoms with Crippen LogP contribution in [0.15, 0.2) is 66.8 Å². The molecule has 1 aliphatic rings. The number of aromatic nitrogens is 1. The van der Waals surface area contributed by atoms with Crippen LogP contribution in [-0.4, -0.2) is 53.0 Å². The van der Waals surface area contributed by atoms with E-state index in [0.29, 0.717) is 31.8 Å². The average Bonchev–Trinajstić information content (AvgIpc) is 2.93. The molecule has 0 spiro atoms. The van der Waals surface area contributed by atoms with E-state index in [1.165, 1.54) is 18.2 Å². The summed E-state index contributed by atoms with van der Waals surface area (Å²) in [6, 6.07) is 3.18. The summed E-state index contributed by atoms with van der Waals surface area (Å²) in [6.45, 7) is 1.03. The second-order valence-electron chi connectivity index (χ2n) is 9.25. The first-order chi connectivity index (χ1) is 20.3. The van der Waals surface area contributed by atoms with Crippen molar-refractivity contribution in [2.24, 2.45) is 5.92 Å². The number of benzene rings is 3. The van der Waals surface area contributed by atoms with Crippen LogP contribution in [0.25, 0.3) is 22.0 Å². The van der Waals surface area contributed by atoms with Gasteiger partial charge in [0.15, 0.2) is 0 Å². The van der Waals surface area contributed by atoms with E-state index < -0.39 is 60.1 Å². The lowest BCUT2D eigenvalue weighted by molar-refractivity contribution is -0.137. The van der Waals surface area contributed by atoms with Gasteiger partial charge in [0.1, 0.15) is 30.0 Å². The summed E-state index contributed by atoms with van der Waals surface area (Å²) in [5.74, 6) is -1.87. The van der Waals surface area contributed by atoms with E-state index in [-0.39, 0.29) is 51.6 Å². The predicted octanol–water partition coefficient (Wildman–Crippen LogP) is 6.13. The highest BCUT2D eigenvalue weighted by molar-refractivity contribution is 5.90. The van der Waals surface area contributed by atoms with Gasteiger partial charge in [-0.3, -0.25) is 14.3 Å². The van der Waals surface area contributed by atoms with Crippen molar-refractivity contribution in [2.75, 3.05) is 32.9 Å². The Morgan fingerprint density at radius 1 is 1.08 bits per heavy atom. The number of ether oxygens (including phenoxy) is 1. The predicted molar refractivity (Wildman–Crippen MR) is 136 cm³/mol. The SMILES string of the molecule is [2H]c1c([2H])c(C(O)c2c(-c3ccc(C(F)(F)F)cc3F)cnc3cc(O)ccc23)c([2H])c([2H])c1OCCN1CC(CF)C1. The molecule has 0 aliphatic carbocycles. The number of hydrogen-bond acceptors (Lipinski definition) is 5. The van der Waals surface area contributed by atoms with E-state index >= 15 is 4.39 Å². The van der Waals surface area contributed by atoms with Crippen molar-refractivity contribution in [3.63, 3.8) is 0 Å². The molecule has 4 aromatic rings. The summed E-state index contributed by atoms with van der Waals surface area (Å²) in [6.07, 6.45) is -5.66. The van der Waals surface area contributed by atoms with Gasteiger partial charge >= 0.3 is 6.18 Å². The number of aliphatic hydroxyl groups excluding tert-OH is 1. The molecule has 204 valence electrons. The fraction of sp³-hybridized carbons (Fsp3) is 0.276. The van der Waals surface area contributed by atoms with Gasteiger partial charge in [-0.2, -0.15) is 13.2 Å². The minimum Gasteiger partial charge on any atom is -0.508 e. The van der Waals surface area contributed by atoms with E-state index in [0.717, 1.165) is 12.3 Å². The van der Waals surface area contributed by atoms with Gasteiger partial charge < -0.3 is 14.9 Å². The van der Waals surface area contributed by atoms with Crippen molar-refractivity contribution >= 4 is 10.9 Å². The summed E-state index contributed by atoms with van der Waals surface area (Å²) < 4.78 is 107. The third kappa shape index (κ3) is 5.67. The van der Waals surface area contributed by atoms with Gasteiger partial charge in [0.05, 0.1) is 23.2 Å². The molecule has 0 amide bonds. The molecule has 1 unspecified atom stereocenters. The molecule has 0 saturated carbocycles. The fourth-order valence-electron chi connectivity index (χ4n) is 4.52. The maximum atomic E-state index is 15.1. The lowest BCUT2D eigenvalue weighted by Gasteiger charge is -2.37. The number of rotatable bonds is 8. The molecule has 1 aromatic heterocycles. The van der Waals surface area contributed by atoms with Crippen molar-refractivity contribution in [3.8, 4) is 22.6 Å². The number of halogens is 5. The van der Waals surface area contributed by atoms with Crippen LogP contribution in [-0.2, 0) is 6.18 Å². The first-order valence-electron chi connectivity index (χ1n) is 14.0. The van der Waals surface area contributed by atoms with Crippen LogP contribution in [0.4, 0.5) is 22.0 Å². The molecule has 5 rings (SSSR count). The number of fused-ring (bicyclic) bond motifs is 1. The molecule has 1 fully saturated rings. The molecule has 2 N–H and O–H groups in total. The van der Waals surface area contributed by atoms with Gasteiger partial charge in [-0.05, 0) is 41.9 Å². The van der Waals surface area contributed by atoms with Gasteiger partial charge in [-0.15, -0.1) is 0 Å². The van der Waals surface area contributed by atoms with Crippen LogP contribution < -0.4 is 4.74 Å². The maximum absolute atomic E-state index is 15.1. The molecule has 2 heterocycles. The maximum Gasteiger partial charge on any atom is 0.416 e. The number of pyridine rings is 1. The van der Waals surface area contributed by atoms with Gasteiger partial charge in [0, 0.05) is 59.9 Å². The molecular formula is C29H25F5N2O3. The zero-order valence-corrected chi connectivity index (χ0v) is 20.3. The van der Waals surface area contributed by atoms with E-state index in [1.807, 2.05) is 4.90 Å². The third-order valence-electron chi connectivity index (χ3n) is 6.55. The smallest absolute Gasteiger partial charge is 0.416 e. The molecule has 3 aromatic carbocycles. The molecule has 1 aliphatic heterocycles. The van der Waals surface area contributed by atoms with Crippen LogP contribution in [0.1, 0.15) is 28.3 Å². The van der Waals surface area contributed by atoms with Crippen LogP contribution in [0, 0.1) is 11.7 Å². The molecule has 5 nitrogen and oxygen atoms in total. The number of hydrogen-bond donors (Lipinski definition) is 2. The van der Waals surface area contributed by atoms with Gasteiger partial charge in [0.2, 0.25) is 0 Å². The van der Waals surface area contributed by atoms with E-state index in [1.54, 1.807) is 0 Å². The lowest BCUT2D eigenvalue weighted by atomic mass is 9.90. The fourth-order valence-corrected chi connectivity index (χ4v) is 4.52. The van der Waals surface area contributed by atoms with Gasteiger partial charge in [-0.1, -0.05) is 18.2 Å². The normalized spacial score (nSPS) is 16.8. The first-order valence-corrected chi connectivity index (χ1v) is 12.0. The molecule has 1 saturated heterocycles. The van der Waals surface area contributed by atoms with Crippen molar-refractivity contribution in [2.45, 2.75) is 12.3 Å². The topological polar surface area (TPSA) is 65.8 Å². The van der Waals surface area contributed by atoms with Gasteiger partial charge in [0.25, 0.3) is 0 Å². The number of aliphatic hydroxyl groups is 1. The highest BCUT2D eigenvalue weighted by Crippen LogP contribution is 2.40. The third-order valence-corrected chi connectivity index (χ3v) is 6.55. The van der Waals surface area contributed by atoms with Crippen molar-refractivity contribution in [1.82, 2.24) is 9.88 Å². The van der Waals surface area contributed by atoms with E-state index in [2.05, 4.69) is 4.98 Å². The number of aromatic hydroxyl groups is 1. The quantitative estimate of drug-likeness (QED) is 0.260. The van der Waals surface area contributed by atoms with Crippen LogP contribution in [0.2, 0.25) is 0 Å². The monoisotopic (exact) mass is 548 g/mol. The van der Waals surface area contributed by atoms with Crippen molar-refractivity contribution < 1.29 is 42.4 Å². The number of phenols is 1. The minimum absolute atomic E-state index is 0.00732. The average molecular weight is 549 g/mol. The number of likely N-dealkylation sites (tertiary alicyclic amines) is 1. The summed E-state index contributed by atoms with van der Waals surface area (Å²) in [5.41, 5.74) is -2.28. The second kappa shape index (κ2) is 10.8. The van der Waals surface area contributed by atoms with E-state index in [9.17, 15) is 27.8 Å². The lowest BCUT2D eigenvalue weighted by Crippen LogP contribution is -2.49. The molecular weight excluding hydrogens is 519 g/mol. The molecule has 0 bridgehead atoms. The minimum atomic E-state index is -4.81. The number of alkyl halides is 4. The molecule has 39 heavy (non-hydrogen) atoms. The van der Waals surface area contributed by atoms with Gasteiger partial charge in [-0.25, -0.2) is 4.39 Å². The van der Waals surface area contributed by atoms with Crippen LogP contribution >= 0.6 is 0 Å². The Bertz CT molecular complexity index is 1670. The zero-order chi connectivity index (χ0) is 31.2. The van der Waals surface area contributed by atoms with Crippen LogP contribution in [0.5, 0.6) is 11.5 Å². The molecule has 1 atom stereocenters. The summed E-state index contributed by atoms with van der Waals surface area (Å²) in [5, 5.41) is 21.7. The Morgan fingerprint density at radius 3 is 2.49 bits per heavy atom. The standard InChI is InChI=1S/C29H25F5N2O3/c30-13-17-15-36(16-17)9-10-39-21-5-1-18(2-6-21)28(38)27-23-8-4-20(37)12-26(23)35-14-24(27)22-7-3-19(11-25(22)31)29(32,33)34/h1-8,11-12,14,17,28,37-38H,9-10,13,15-16H2/i1D,2D,5D,6D. The zero-order valence-electron chi connectivity index (χ0n) is 24.3. The van der Waals surface area contributed by atoms with Crippen LogP contribution in [0.3, 0.4) is 0 Å². The summed E-state index contributed by atoms with van der Waals surface area (Å²) in [4.78, 5) is 6.07. The summed E-state index contributed by atoms with van der Waals surface area (Å²) in [7, 11) is 0. The molecule has 0 radical (unpaired) electrons. The number of nitrogens with zero attached hydrogens (tertiary/aromatic N) is 2. The highest BCUT2D eigenvalue weighted by atomic mass is 19.4. The van der Waals surface area contributed by atoms with Crippen molar-refractivity contribution in [1.29, 1.82) is 0 Å². The molecule has 10 heteroatoms. The Balaban J connectivity index is 1.59. The highest BCUT2D eigenvalue weighted by Gasteiger charge is 2.32. The summed E-state index contributed by atoms with van der Waals surface area (Å²) >= 11 is 0. The number of phenolic OH excluding ortho intramolecular Hbond substituents is 1. The van der Waals surface area contributed by atoms with Crippen molar-refractivity contribution in [3.05, 3.63) is 89.3 Å². The Morgan fingerprint density at radius 2 is 1.82 bits per heavy atom. The van der Waals surface area contributed by atoms with E-state index in [4.69, 9.17) is 10.2 Å².